The van der Waals surface area contributed by atoms with Gasteiger partial charge in [-0.15, -0.1) is 0 Å². The summed E-state index contributed by atoms with van der Waals surface area (Å²) in [7, 11) is 1.70. The highest BCUT2D eigenvalue weighted by atomic mass is 79.9. The molecule has 2 rings (SSSR count). The number of benzene rings is 2. The van der Waals surface area contributed by atoms with E-state index in [2.05, 4.69) is 65.4 Å². The molecule has 1 N–H and O–H groups in total. The van der Waals surface area contributed by atoms with E-state index in [1.54, 1.807) is 7.11 Å². The van der Waals surface area contributed by atoms with Gasteiger partial charge in [-0.05, 0) is 43.2 Å². The maximum absolute atomic E-state index is 5.28. The molecule has 0 spiro atoms. The predicted molar refractivity (Wildman–Crippen MR) is 87.1 cm³/mol. The zero-order valence-corrected chi connectivity index (χ0v) is 13.6. The van der Waals surface area contributed by atoms with Gasteiger partial charge < -0.3 is 10.1 Å². The average Bonchev–Trinajstić information content (AvgIpc) is 2.47. The van der Waals surface area contributed by atoms with E-state index in [-0.39, 0.29) is 12.1 Å². The Hall–Kier alpha value is -1.32. The number of ether oxygens (including phenoxy) is 1. The van der Waals surface area contributed by atoms with Crippen molar-refractivity contribution < 1.29 is 4.74 Å². The smallest absolute Gasteiger partial charge is 0.119 e. The van der Waals surface area contributed by atoms with Crippen molar-refractivity contribution in [3.05, 3.63) is 64.1 Å². The molecule has 0 saturated carbocycles. The number of halogens is 1. The van der Waals surface area contributed by atoms with E-state index in [1.165, 1.54) is 11.1 Å². The van der Waals surface area contributed by atoms with E-state index in [4.69, 9.17) is 4.74 Å². The monoisotopic (exact) mass is 333 g/mol. The minimum Gasteiger partial charge on any atom is -0.497 e. The quantitative estimate of drug-likeness (QED) is 0.842. The first-order valence-electron chi connectivity index (χ1n) is 6.76. The van der Waals surface area contributed by atoms with Crippen LogP contribution in [0.25, 0.3) is 0 Å². The Morgan fingerprint density at radius 3 is 2.45 bits per heavy atom. The minimum atomic E-state index is 0.257. The Morgan fingerprint density at radius 2 is 1.75 bits per heavy atom. The summed E-state index contributed by atoms with van der Waals surface area (Å²) in [6.45, 7) is 4.35. The predicted octanol–water partition coefficient (Wildman–Crippen LogP) is 4.87. The van der Waals surface area contributed by atoms with Crippen LogP contribution in [0.5, 0.6) is 5.75 Å². The standard InChI is InChI=1S/C17H20BrNO/c1-12(14-7-6-8-15(11-14)20-3)19-13(2)16-9-4-5-10-17(16)18/h4-13,19H,1-3H3. The van der Waals surface area contributed by atoms with Gasteiger partial charge in [0.25, 0.3) is 0 Å². The molecular formula is C17H20BrNO. The van der Waals surface area contributed by atoms with Crippen molar-refractivity contribution >= 4 is 15.9 Å². The largest absolute Gasteiger partial charge is 0.497 e. The van der Waals surface area contributed by atoms with Crippen LogP contribution < -0.4 is 10.1 Å². The fourth-order valence-corrected chi connectivity index (χ4v) is 2.93. The Bertz CT molecular complexity index is 570. The molecule has 0 fully saturated rings. The second-order valence-electron chi connectivity index (χ2n) is 4.91. The summed E-state index contributed by atoms with van der Waals surface area (Å²) in [5.74, 6) is 0.893. The summed E-state index contributed by atoms with van der Waals surface area (Å²) in [4.78, 5) is 0. The molecule has 0 aliphatic heterocycles. The van der Waals surface area contributed by atoms with Gasteiger partial charge in [0.2, 0.25) is 0 Å². The van der Waals surface area contributed by atoms with Crippen molar-refractivity contribution in [3.63, 3.8) is 0 Å². The second kappa shape index (κ2) is 6.91. The molecule has 0 amide bonds. The van der Waals surface area contributed by atoms with Gasteiger partial charge in [0.1, 0.15) is 5.75 Å². The van der Waals surface area contributed by atoms with Crippen LogP contribution in [0.4, 0.5) is 0 Å². The summed E-state index contributed by atoms with van der Waals surface area (Å²) in [5.41, 5.74) is 2.49. The molecule has 0 bridgehead atoms. The molecule has 2 nitrogen and oxygen atoms in total. The Balaban J connectivity index is 2.11. The normalized spacial score (nSPS) is 13.8. The first-order valence-corrected chi connectivity index (χ1v) is 7.55. The number of hydrogen-bond donors (Lipinski definition) is 1. The Kier molecular flexibility index (Phi) is 5.21. The van der Waals surface area contributed by atoms with Crippen LogP contribution in [0.3, 0.4) is 0 Å². The summed E-state index contributed by atoms with van der Waals surface area (Å²) in [6.07, 6.45) is 0. The van der Waals surface area contributed by atoms with Crippen LogP contribution >= 0.6 is 15.9 Å². The molecule has 2 aromatic rings. The summed E-state index contributed by atoms with van der Waals surface area (Å²) in [5, 5.41) is 3.62. The molecule has 0 saturated heterocycles. The van der Waals surface area contributed by atoms with Crippen molar-refractivity contribution in [2.24, 2.45) is 0 Å². The topological polar surface area (TPSA) is 21.3 Å². The Labute approximate surface area is 129 Å². The third-order valence-electron chi connectivity index (χ3n) is 3.47. The summed E-state index contributed by atoms with van der Waals surface area (Å²) < 4.78 is 6.42. The van der Waals surface area contributed by atoms with Crippen LogP contribution in [-0.4, -0.2) is 7.11 Å². The van der Waals surface area contributed by atoms with E-state index in [0.717, 1.165) is 10.2 Å². The zero-order chi connectivity index (χ0) is 14.5. The van der Waals surface area contributed by atoms with Gasteiger partial charge in [-0.25, -0.2) is 0 Å². The number of methoxy groups -OCH3 is 1. The molecule has 3 heteroatoms. The van der Waals surface area contributed by atoms with E-state index in [9.17, 15) is 0 Å². The van der Waals surface area contributed by atoms with Gasteiger partial charge in [-0.2, -0.15) is 0 Å². The van der Waals surface area contributed by atoms with Crippen LogP contribution in [0.15, 0.2) is 53.0 Å². The lowest BCUT2D eigenvalue weighted by Crippen LogP contribution is -2.22. The van der Waals surface area contributed by atoms with Gasteiger partial charge >= 0.3 is 0 Å². The van der Waals surface area contributed by atoms with Crippen molar-refractivity contribution in [1.29, 1.82) is 0 Å². The van der Waals surface area contributed by atoms with Crippen LogP contribution in [0.2, 0.25) is 0 Å². The molecular weight excluding hydrogens is 314 g/mol. The van der Waals surface area contributed by atoms with E-state index >= 15 is 0 Å². The zero-order valence-electron chi connectivity index (χ0n) is 12.1. The molecule has 2 unspecified atom stereocenters. The van der Waals surface area contributed by atoms with Gasteiger partial charge in [0.15, 0.2) is 0 Å². The molecule has 20 heavy (non-hydrogen) atoms. The molecule has 0 radical (unpaired) electrons. The number of rotatable bonds is 5. The van der Waals surface area contributed by atoms with Crippen LogP contribution in [0, 0.1) is 0 Å². The van der Waals surface area contributed by atoms with E-state index in [0.29, 0.717) is 0 Å². The average molecular weight is 334 g/mol. The Morgan fingerprint density at radius 1 is 1.00 bits per heavy atom. The maximum atomic E-state index is 5.28. The van der Waals surface area contributed by atoms with Gasteiger partial charge in [0.05, 0.1) is 7.11 Å². The number of hydrogen-bond acceptors (Lipinski definition) is 2. The third-order valence-corrected chi connectivity index (χ3v) is 4.19. The summed E-state index contributed by atoms with van der Waals surface area (Å²) in [6, 6.07) is 17.0. The van der Waals surface area contributed by atoms with Crippen molar-refractivity contribution in [2.75, 3.05) is 7.11 Å². The SMILES string of the molecule is COc1cccc(C(C)NC(C)c2ccccc2Br)c1. The lowest BCUT2D eigenvalue weighted by molar-refractivity contribution is 0.412. The van der Waals surface area contributed by atoms with Gasteiger partial charge in [0, 0.05) is 16.6 Å². The van der Waals surface area contributed by atoms with Gasteiger partial charge in [-0.1, -0.05) is 46.3 Å². The van der Waals surface area contributed by atoms with Crippen LogP contribution in [-0.2, 0) is 0 Å². The fraction of sp³-hybridized carbons (Fsp3) is 0.294. The highest BCUT2D eigenvalue weighted by molar-refractivity contribution is 9.10. The van der Waals surface area contributed by atoms with Crippen molar-refractivity contribution in [1.82, 2.24) is 5.32 Å². The third kappa shape index (κ3) is 3.62. The number of nitrogens with one attached hydrogen (secondary N) is 1. The van der Waals surface area contributed by atoms with Crippen molar-refractivity contribution in [2.45, 2.75) is 25.9 Å². The van der Waals surface area contributed by atoms with Crippen LogP contribution in [0.1, 0.15) is 37.1 Å². The molecule has 106 valence electrons. The molecule has 2 atom stereocenters. The highest BCUT2D eigenvalue weighted by Crippen LogP contribution is 2.26. The fourth-order valence-electron chi connectivity index (χ4n) is 2.30. The van der Waals surface area contributed by atoms with Gasteiger partial charge in [-0.3, -0.25) is 0 Å². The molecule has 0 heterocycles. The first kappa shape index (κ1) is 15.1. The molecule has 0 aromatic heterocycles. The summed E-state index contributed by atoms with van der Waals surface area (Å²) >= 11 is 3.61. The molecule has 0 aliphatic rings. The molecule has 2 aromatic carbocycles. The lowest BCUT2D eigenvalue weighted by atomic mass is 10.0. The lowest BCUT2D eigenvalue weighted by Gasteiger charge is -2.22. The minimum absolute atomic E-state index is 0.257. The highest BCUT2D eigenvalue weighted by Gasteiger charge is 2.13. The molecule has 0 aliphatic carbocycles. The maximum Gasteiger partial charge on any atom is 0.119 e. The van der Waals surface area contributed by atoms with Crippen molar-refractivity contribution in [3.8, 4) is 5.75 Å². The van der Waals surface area contributed by atoms with E-state index in [1.807, 2.05) is 18.2 Å². The first-order chi connectivity index (χ1) is 9.61. The second-order valence-corrected chi connectivity index (χ2v) is 5.76. The van der Waals surface area contributed by atoms with E-state index < -0.39 is 0 Å².